The second-order valence-corrected chi connectivity index (χ2v) is 9.75. The number of nitrogens with zero attached hydrogens (tertiary/aromatic N) is 4. The lowest BCUT2D eigenvalue weighted by Crippen LogP contribution is -2.55. The molecule has 1 aromatic carbocycles. The van der Waals surface area contributed by atoms with Crippen LogP contribution in [0.3, 0.4) is 0 Å². The van der Waals surface area contributed by atoms with Gasteiger partial charge in [-0.3, -0.25) is 4.98 Å². The molecular formula is C22H20ClF5N4O4S. The Labute approximate surface area is 216 Å². The summed E-state index contributed by atoms with van der Waals surface area (Å²) in [6.45, 7) is 0.683. The highest BCUT2D eigenvalue weighted by Crippen LogP contribution is 2.40. The number of hydrogen-bond donors (Lipinski definition) is 2. The molecule has 1 saturated heterocycles. The third kappa shape index (κ3) is 5.59. The number of ether oxygens (including phenoxy) is 2. The minimum Gasteiger partial charge on any atom is -0.394 e. The molecule has 37 heavy (non-hydrogen) atoms. The summed E-state index contributed by atoms with van der Waals surface area (Å²) in [6, 6.07) is 2.24. The third-order valence-electron chi connectivity index (χ3n) is 5.77. The van der Waals surface area contributed by atoms with E-state index >= 15 is 0 Å². The maximum Gasteiger partial charge on any atom is 0.433 e. The Morgan fingerprint density at radius 3 is 2.46 bits per heavy atom. The fourth-order valence-corrected chi connectivity index (χ4v) is 5.35. The van der Waals surface area contributed by atoms with Gasteiger partial charge in [0.15, 0.2) is 0 Å². The first-order valence-corrected chi connectivity index (χ1v) is 11.9. The SMILES string of the molecule is COC1C(n2cc(-c3cc(F)c(Cl)c(F)c3)nn2)[C@@H](O)C(CO)O[C@@H]1Sc1cnc(C(F)(F)F)c(C)c1. The molecule has 0 amide bonds. The highest BCUT2D eigenvalue weighted by molar-refractivity contribution is 7.99. The number of methoxy groups -OCH3 is 1. The first-order valence-electron chi connectivity index (χ1n) is 10.7. The fourth-order valence-electron chi connectivity index (χ4n) is 4.01. The van der Waals surface area contributed by atoms with Crippen LogP contribution in [0.1, 0.15) is 17.3 Å². The van der Waals surface area contributed by atoms with Gasteiger partial charge in [0.25, 0.3) is 0 Å². The van der Waals surface area contributed by atoms with E-state index in [1.165, 1.54) is 31.0 Å². The maximum atomic E-state index is 13.9. The second-order valence-electron chi connectivity index (χ2n) is 8.20. The average Bonchev–Trinajstić information content (AvgIpc) is 3.31. The zero-order valence-corrected chi connectivity index (χ0v) is 20.7. The smallest absolute Gasteiger partial charge is 0.394 e. The van der Waals surface area contributed by atoms with Crippen molar-refractivity contribution in [3.05, 3.63) is 58.5 Å². The van der Waals surface area contributed by atoms with Crippen molar-refractivity contribution in [1.82, 2.24) is 20.0 Å². The van der Waals surface area contributed by atoms with E-state index < -0.39 is 64.9 Å². The van der Waals surface area contributed by atoms with E-state index in [9.17, 15) is 32.2 Å². The number of alkyl halides is 3. The van der Waals surface area contributed by atoms with Crippen molar-refractivity contribution in [1.29, 1.82) is 0 Å². The number of hydrogen-bond acceptors (Lipinski definition) is 8. The Balaban J connectivity index is 1.65. The minimum atomic E-state index is -4.61. The number of halogens is 6. The molecule has 3 unspecified atom stereocenters. The Morgan fingerprint density at radius 2 is 1.89 bits per heavy atom. The summed E-state index contributed by atoms with van der Waals surface area (Å²) in [5.74, 6) is -1.99. The third-order valence-corrected chi connectivity index (χ3v) is 7.23. The van der Waals surface area contributed by atoms with Crippen molar-refractivity contribution >= 4 is 23.4 Å². The Bertz CT molecular complexity index is 1260. The zero-order valence-electron chi connectivity index (χ0n) is 19.2. The fraction of sp³-hybridized carbons (Fsp3) is 0.409. The van der Waals surface area contributed by atoms with Gasteiger partial charge in [0.1, 0.15) is 57.8 Å². The summed E-state index contributed by atoms with van der Waals surface area (Å²) < 4.78 is 79.7. The van der Waals surface area contributed by atoms with Gasteiger partial charge in [0.2, 0.25) is 0 Å². The molecule has 3 aromatic rings. The monoisotopic (exact) mass is 566 g/mol. The highest BCUT2D eigenvalue weighted by atomic mass is 35.5. The van der Waals surface area contributed by atoms with Crippen LogP contribution in [0.2, 0.25) is 5.02 Å². The van der Waals surface area contributed by atoms with Crippen LogP contribution in [-0.4, -0.2) is 67.7 Å². The number of rotatable bonds is 6. The predicted molar refractivity (Wildman–Crippen MR) is 122 cm³/mol. The van der Waals surface area contributed by atoms with Gasteiger partial charge in [-0.05, 0) is 30.7 Å². The van der Waals surface area contributed by atoms with Crippen molar-refractivity contribution in [3.63, 3.8) is 0 Å². The van der Waals surface area contributed by atoms with Gasteiger partial charge in [-0.2, -0.15) is 13.2 Å². The normalized spacial score (nSPS) is 24.4. The molecule has 15 heteroatoms. The molecule has 0 saturated carbocycles. The van der Waals surface area contributed by atoms with Crippen LogP contribution in [0.4, 0.5) is 22.0 Å². The summed E-state index contributed by atoms with van der Waals surface area (Å²) in [7, 11) is 1.33. The van der Waals surface area contributed by atoms with Crippen molar-refractivity contribution < 1.29 is 41.6 Å². The van der Waals surface area contributed by atoms with E-state index in [4.69, 9.17) is 21.1 Å². The molecule has 2 aromatic heterocycles. The van der Waals surface area contributed by atoms with Crippen LogP contribution in [0.15, 0.2) is 35.5 Å². The number of aryl methyl sites for hydroxylation is 1. The molecule has 0 bridgehead atoms. The van der Waals surface area contributed by atoms with E-state index in [-0.39, 0.29) is 16.8 Å². The molecule has 0 aliphatic carbocycles. The minimum absolute atomic E-state index is 0.0390. The van der Waals surface area contributed by atoms with Gasteiger partial charge in [-0.25, -0.2) is 13.5 Å². The highest BCUT2D eigenvalue weighted by Gasteiger charge is 2.47. The van der Waals surface area contributed by atoms with Crippen molar-refractivity contribution in [2.75, 3.05) is 13.7 Å². The molecule has 0 radical (unpaired) electrons. The summed E-state index contributed by atoms with van der Waals surface area (Å²) in [5.41, 5.74) is -1.93. The van der Waals surface area contributed by atoms with Crippen LogP contribution in [0.25, 0.3) is 11.3 Å². The lowest BCUT2D eigenvalue weighted by molar-refractivity contribution is -0.186. The Kier molecular flexibility index (Phi) is 8.07. The molecule has 1 aliphatic rings. The van der Waals surface area contributed by atoms with Gasteiger partial charge in [-0.15, -0.1) is 5.10 Å². The summed E-state index contributed by atoms with van der Waals surface area (Å²) >= 11 is 6.52. The van der Waals surface area contributed by atoms with E-state index in [1.54, 1.807) is 0 Å². The van der Waals surface area contributed by atoms with Crippen LogP contribution in [-0.2, 0) is 15.7 Å². The second kappa shape index (κ2) is 10.8. The first kappa shape index (κ1) is 27.7. The number of pyridine rings is 1. The summed E-state index contributed by atoms with van der Waals surface area (Å²) in [6.07, 6.45) is -5.65. The number of benzene rings is 1. The van der Waals surface area contributed by atoms with Gasteiger partial charge in [0.05, 0.1) is 12.8 Å². The topological polar surface area (TPSA) is 103 Å². The average molecular weight is 567 g/mol. The van der Waals surface area contributed by atoms with Crippen LogP contribution in [0, 0.1) is 18.6 Å². The number of aliphatic hydroxyl groups is 2. The number of thioether (sulfide) groups is 1. The molecule has 1 fully saturated rings. The largest absolute Gasteiger partial charge is 0.433 e. The molecule has 2 N–H and O–H groups in total. The number of aromatic nitrogens is 4. The molecular weight excluding hydrogens is 547 g/mol. The van der Waals surface area contributed by atoms with Gasteiger partial charge < -0.3 is 19.7 Å². The van der Waals surface area contributed by atoms with Crippen LogP contribution >= 0.6 is 23.4 Å². The first-order chi connectivity index (χ1) is 17.4. The van der Waals surface area contributed by atoms with E-state index in [2.05, 4.69) is 15.3 Å². The summed E-state index contributed by atoms with van der Waals surface area (Å²) in [4.78, 5) is 3.84. The van der Waals surface area contributed by atoms with E-state index in [0.717, 1.165) is 30.1 Å². The zero-order chi connectivity index (χ0) is 27.1. The summed E-state index contributed by atoms with van der Waals surface area (Å²) in [5, 5.41) is 27.9. The quantitative estimate of drug-likeness (QED) is 0.341. The standard InChI is InChI=1S/C22H20ClF5N4O4S/c1-9-3-11(6-29-20(9)22(26,27)28)37-21-19(35-2)17(18(34)15(8-33)36-21)32-7-14(30-31-32)10-4-12(24)16(23)13(25)5-10/h3-7,15,17-19,21,33-34H,8H2,1-2H3/t15?,17?,18-,19?,21+/m0/s1. The molecule has 8 nitrogen and oxygen atoms in total. The van der Waals surface area contributed by atoms with Gasteiger partial charge >= 0.3 is 6.18 Å². The lowest BCUT2D eigenvalue weighted by atomic mass is 9.97. The van der Waals surface area contributed by atoms with Crippen LogP contribution < -0.4 is 0 Å². The van der Waals surface area contributed by atoms with Crippen molar-refractivity contribution in [2.45, 2.75) is 47.8 Å². The molecule has 1 aliphatic heterocycles. The maximum absolute atomic E-state index is 13.9. The predicted octanol–water partition coefficient (Wildman–Crippen LogP) is 4.03. The number of aliphatic hydroxyl groups excluding tert-OH is 2. The van der Waals surface area contributed by atoms with Gasteiger partial charge in [0, 0.05) is 23.8 Å². The lowest BCUT2D eigenvalue weighted by Gasteiger charge is -2.43. The molecule has 0 spiro atoms. The molecule has 5 atom stereocenters. The molecule has 4 rings (SSSR count). The van der Waals surface area contributed by atoms with E-state index in [1.807, 2.05) is 0 Å². The van der Waals surface area contributed by atoms with Gasteiger partial charge in [-0.1, -0.05) is 28.6 Å². The molecule has 200 valence electrons. The van der Waals surface area contributed by atoms with Crippen molar-refractivity contribution in [3.8, 4) is 11.3 Å². The van der Waals surface area contributed by atoms with Crippen molar-refractivity contribution in [2.24, 2.45) is 0 Å². The Hall–Kier alpha value is -2.36. The van der Waals surface area contributed by atoms with Crippen LogP contribution in [0.5, 0.6) is 0 Å². The van der Waals surface area contributed by atoms with E-state index in [0.29, 0.717) is 4.90 Å². The Morgan fingerprint density at radius 1 is 1.22 bits per heavy atom. The molecule has 3 heterocycles.